The van der Waals surface area contributed by atoms with Crippen molar-refractivity contribution in [2.75, 3.05) is 0 Å². The molecule has 128 valence electrons. The summed E-state index contributed by atoms with van der Waals surface area (Å²) < 4.78 is 5.85. The number of carbonyl (C=O) groups excluding carboxylic acids is 1. The van der Waals surface area contributed by atoms with Crippen molar-refractivity contribution in [3.63, 3.8) is 0 Å². The number of hydrogen-bond donors (Lipinski definition) is 0. The van der Waals surface area contributed by atoms with E-state index in [1.54, 1.807) is 0 Å². The molecule has 0 radical (unpaired) electrons. The molecule has 0 amide bonds. The molecule has 0 N–H and O–H groups in total. The predicted molar refractivity (Wildman–Crippen MR) is 103 cm³/mol. The van der Waals surface area contributed by atoms with Gasteiger partial charge in [-0.2, -0.15) is 5.30 Å². The second-order valence-corrected chi connectivity index (χ2v) is 7.59. The summed E-state index contributed by atoms with van der Waals surface area (Å²) in [4.78, 5) is 12.8. The van der Waals surface area contributed by atoms with Gasteiger partial charge >= 0.3 is 18.9 Å². The van der Waals surface area contributed by atoms with Crippen LogP contribution in [-0.2, 0) is 0 Å². The largest absolute Gasteiger partial charge is 1.00 e. The number of ether oxygens (including phenoxy) is 1. The fourth-order valence-electron chi connectivity index (χ4n) is 2.83. The summed E-state index contributed by atoms with van der Waals surface area (Å²) in [5.74, 6) is 0.871. The van der Waals surface area contributed by atoms with Gasteiger partial charge in [0, 0.05) is 5.52 Å². The summed E-state index contributed by atoms with van der Waals surface area (Å²) in [7, 11) is 0.719. The van der Waals surface area contributed by atoms with E-state index in [9.17, 15) is 4.79 Å². The van der Waals surface area contributed by atoms with E-state index in [2.05, 4.69) is 32.9 Å². The summed E-state index contributed by atoms with van der Waals surface area (Å²) in [6.07, 6.45) is 1.18. The molecule has 1 atom stereocenters. The van der Waals surface area contributed by atoms with Gasteiger partial charge in [-0.1, -0.05) is 36.2 Å². The Balaban J connectivity index is 0.00000312. The van der Waals surface area contributed by atoms with Gasteiger partial charge < -0.3 is 18.1 Å². The molecule has 2 nitrogen and oxygen atoms in total. The molecule has 2 aromatic carbocycles. The van der Waals surface area contributed by atoms with Crippen molar-refractivity contribution < 1.29 is 28.4 Å². The minimum absolute atomic E-state index is 0. The molecule has 0 aliphatic carbocycles. The third-order valence-electron chi connectivity index (χ3n) is 4.19. The molecule has 0 spiro atoms. The van der Waals surface area contributed by atoms with Gasteiger partial charge in [0.1, 0.15) is 5.75 Å². The zero-order chi connectivity index (χ0) is 17.9. The molecule has 2 rings (SSSR count). The van der Waals surface area contributed by atoms with Gasteiger partial charge in [0.15, 0.2) is 0 Å². The van der Waals surface area contributed by atoms with Crippen LogP contribution in [0.2, 0.25) is 0 Å². The van der Waals surface area contributed by atoms with Crippen molar-refractivity contribution in [2.45, 2.75) is 54.1 Å². The van der Waals surface area contributed by atoms with Crippen molar-refractivity contribution in [2.24, 2.45) is 0 Å². The molecular formula is C21H26LiO2P. The minimum atomic E-state index is 0. The van der Waals surface area contributed by atoms with Gasteiger partial charge in [0.25, 0.3) is 0 Å². The first-order chi connectivity index (χ1) is 11.3. The first kappa shape index (κ1) is 22.0. The van der Waals surface area contributed by atoms with Gasteiger partial charge in [0.05, 0.1) is 6.10 Å². The second kappa shape index (κ2) is 9.58. The standard InChI is InChI=1S/C21H26O2P.Li/c1-7-17(6)23-18-8-9-19(14(3)12-18)24-21(22)20-15(4)10-13(2)11-16(20)5;/h8-12,17H,7H2,1-6H3;/q-1;+1. The third kappa shape index (κ3) is 5.72. The second-order valence-electron chi connectivity index (χ2n) is 6.48. The van der Waals surface area contributed by atoms with Crippen LogP contribution in [0.1, 0.15) is 52.9 Å². The van der Waals surface area contributed by atoms with E-state index in [0.717, 1.165) is 48.3 Å². The molecule has 0 aliphatic heterocycles. The van der Waals surface area contributed by atoms with Crippen LogP contribution in [0.5, 0.6) is 5.75 Å². The Bertz CT molecular complexity index is 733. The van der Waals surface area contributed by atoms with Crippen molar-refractivity contribution in [1.82, 2.24) is 0 Å². The monoisotopic (exact) mass is 348 g/mol. The Kier molecular flexibility index (Phi) is 8.43. The molecule has 0 bridgehead atoms. The van der Waals surface area contributed by atoms with E-state index in [1.807, 2.05) is 39.0 Å². The van der Waals surface area contributed by atoms with Gasteiger partial charge in [-0.15, -0.1) is 0 Å². The quantitative estimate of drug-likeness (QED) is 0.592. The van der Waals surface area contributed by atoms with Crippen molar-refractivity contribution in [3.05, 3.63) is 58.1 Å². The minimum Gasteiger partial charge on any atom is -0.491 e. The maximum Gasteiger partial charge on any atom is 1.00 e. The van der Waals surface area contributed by atoms with Crippen LogP contribution >= 0.6 is 8.58 Å². The normalized spacial score (nSPS) is 12.1. The Labute approximate surface area is 165 Å². The van der Waals surface area contributed by atoms with E-state index in [1.165, 1.54) is 5.56 Å². The fourth-order valence-corrected chi connectivity index (χ4v) is 3.90. The number of carbonyl (C=O) groups is 1. The molecule has 0 fully saturated rings. The Morgan fingerprint density at radius 2 is 1.64 bits per heavy atom. The number of benzene rings is 2. The maximum atomic E-state index is 12.8. The summed E-state index contributed by atoms with van der Waals surface area (Å²) in [5.41, 5.74) is 5.40. The van der Waals surface area contributed by atoms with Gasteiger partial charge in [0.2, 0.25) is 0 Å². The zero-order valence-electron chi connectivity index (χ0n) is 16.4. The van der Waals surface area contributed by atoms with Gasteiger partial charge in [-0.3, -0.25) is 0 Å². The molecule has 2 aromatic rings. The summed E-state index contributed by atoms with van der Waals surface area (Å²) in [6.45, 7) is 12.3. The van der Waals surface area contributed by atoms with Crippen LogP contribution in [0.4, 0.5) is 0 Å². The molecule has 1 unspecified atom stereocenters. The number of hydrogen-bond acceptors (Lipinski definition) is 2. The van der Waals surface area contributed by atoms with Crippen molar-refractivity contribution in [3.8, 4) is 5.75 Å². The van der Waals surface area contributed by atoms with Crippen molar-refractivity contribution in [1.29, 1.82) is 0 Å². The summed E-state index contributed by atoms with van der Waals surface area (Å²) in [6, 6.07) is 10.1. The van der Waals surface area contributed by atoms with Crippen LogP contribution in [0.3, 0.4) is 0 Å². The topological polar surface area (TPSA) is 26.3 Å². The third-order valence-corrected chi connectivity index (χ3v) is 5.36. The smallest absolute Gasteiger partial charge is 0.491 e. The molecule has 0 heterocycles. The van der Waals surface area contributed by atoms with Crippen molar-refractivity contribution >= 4 is 19.4 Å². The zero-order valence-corrected chi connectivity index (χ0v) is 17.3. The molecule has 0 saturated carbocycles. The Morgan fingerprint density at radius 3 is 2.16 bits per heavy atom. The van der Waals surface area contributed by atoms with E-state index in [-0.39, 0.29) is 30.5 Å². The Morgan fingerprint density at radius 1 is 1.04 bits per heavy atom. The first-order valence-electron chi connectivity index (χ1n) is 8.43. The molecule has 0 saturated heterocycles. The van der Waals surface area contributed by atoms with Gasteiger partial charge in [-0.05, 0) is 69.9 Å². The first-order valence-corrected chi connectivity index (χ1v) is 9.32. The number of aryl methyl sites for hydroxylation is 4. The van der Waals surface area contributed by atoms with Crippen LogP contribution < -0.4 is 28.9 Å². The molecule has 0 aromatic heterocycles. The average molecular weight is 348 g/mol. The van der Waals surface area contributed by atoms with Gasteiger partial charge in [-0.25, -0.2) is 0 Å². The predicted octanol–water partition coefficient (Wildman–Crippen LogP) is 2.51. The molecule has 25 heavy (non-hydrogen) atoms. The fraction of sp³-hybridized carbons (Fsp3) is 0.381. The van der Waals surface area contributed by atoms with Crippen LogP contribution in [-0.4, -0.2) is 11.6 Å². The van der Waals surface area contributed by atoms with E-state index >= 15 is 0 Å². The van der Waals surface area contributed by atoms with E-state index < -0.39 is 0 Å². The van der Waals surface area contributed by atoms with E-state index in [0.29, 0.717) is 0 Å². The molecular weight excluding hydrogens is 322 g/mol. The molecule has 0 aliphatic rings. The van der Waals surface area contributed by atoms with E-state index in [4.69, 9.17) is 4.74 Å². The average Bonchev–Trinajstić information content (AvgIpc) is 2.48. The van der Waals surface area contributed by atoms with Crippen LogP contribution in [0.15, 0.2) is 30.3 Å². The summed E-state index contributed by atoms with van der Waals surface area (Å²) in [5, 5.41) is 1.04. The summed E-state index contributed by atoms with van der Waals surface area (Å²) >= 11 is 0. The number of rotatable bonds is 6. The SMILES string of the molecule is CCC(C)Oc1ccc([P-]C(=O)c2c(C)cc(C)cc2C)c(C)c1.[Li+]. The van der Waals surface area contributed by atoms with Crippen LogP contribution in [0.25, 0.3) is 0 Å². The Hall–Kier alpha value is -1.06. The molecule has 4 heteroatoms. The van der Waals surface area contributed by atoms with Crippen LogP contribution in [0, 0.1) is 27.7 Å². The maximum absolute atomic E-state index is 12.8.